The number of rotatable bonds is 7. The number of carbonyl (C=O) groups excluding carboxylic acids is 1. The summed E-state index contributed by atoms with van der Waals surface area (Å²) in [6.07, 6.45) is 0. The van der Waals surface area contributed by atoms with Crippen molar-refractivity contribution < 1.29 is 23.8 Å². The van der Waals surface area contributed by atoms with E-state index in [0.717, 1.165) is 0 Å². The summed E-state index contributed by atoms with van der Waals surface area (Å²) < 4.78 is 14.8. The molecule has 0 radical (unpaired) electrons. The molecule has 1 aromatic rings. The van der Waals surface area contributed by atoms with E-state index in [2.05, 4.69) is 15.1 Å². The second-order valence-corrected chi connectivity index (χ2v) is 3.04. The first-order valence-corrected chi connectivity index (χ1v) is 4.92. The second kappa shape index (κ2) is 7.48. The van der Waals surface area contributed by atoms with Gasteiger partial charge in [0.05, 0.1) is 7.11 Å². The summed E-state index contributed by atoms with van der Waals surface area (Å²) in [7, 11) is 3.02. The predicted molar refractivity (Wildman–Crippen MR) is 59.6 cm³/mol. The molecule has 6 nitrogen and oxygen atoms in total. The van der Waals surface area contributed by atoms with E-state index in [4.69, 9.17) is 9.47 Å². The van der Waals surface area contributed by atoms with Crippen LogP contribution in [-0.2, 0) is 14.4 Å². The van der Waals surface area contributed by atoms with Crippen LogP contribution in [0, 0.1) is 0 Å². The zero-order valence-electron chi connectivity index (χ0n) is 9.76. The van der Waals surface area contributed by atoms with Crippen molar-refractivity contribution in [3.63, 3.8) is 0 Å². The number of hydrogen-bond acceptors (Lipinski definition) is 5. The lowest BCUT2D eigenvalue weighted by Crippen LogP contribution is -2.29. The second-order valence-electron chi connectivity index (χ2n) is 3.04. The minimum absolute atomic E-state index is 0.00903. The fraction of sp³-hybridized carbons (Fsp3) is 0.364. The number of methoxy groups -OCH3 is 2. The highest BCUT2D eigenvalue weighted by Crippen LogP contribution is 2.18. The van der Waals surface area contributed by atoms with Crippen molar-refractivity contribution in [3.8, 4) is 11.5 Å². The molecule has 0 heterocycles. The molecular formula is C11H15NO5. The van der Waals surface area contributed by atoms with E-state index in [0.29, 0.717) is 11.5 Å². The predicted octanol–water partition coefficient (Wildman–Crippen LogP) is 0.726. The van der Waals surface area contributed by atoms with Gasteiger partial charge in [-0.2, -0.15) is 0 Å². The number of amides is 1. The average molecular weight is 241 g/mol. The van der Waals surface area contributed by atoms with Crippen LogP contribution in [0.25, 0.3) is 0 Å². The molecule has 0 spiro atoms. The van der Waals surface area contributed by atoms with Crippen LogP contribution in [0.4, 0.5) is 0 Å². The Labute approximate surface area is 99.4 Å². The molecule has 17 heavy (non-hydrogen) atoms. The number of nitrogens with one attached hydrogen (secondary N) is 1. The Kier molecular flexibility index (Phi) is 5.84. The van der Waals surface area contributed by atoms with E-state index >= 15 is 0 Å². The highest BCUT2D eigenvalue weighted by atomic mass is 16.8. The van der Waals surface area contributed by atoms with Gasteiger partial charge in [-0.15, -0.1) is 0 Å². The van der Waals surface area contributed by atoms with Gasteiger partial charge >= 0.3 is 0 Å². The summed E-state index contributed by atoms with van der Waals surface area (Å²) in [6.45, 7) is -0.151. The van der Waals surface area contributed by atoms with Crippen molar-refractivity contribution in [2.45, 2.75) is 0 Å². The lowest BCUT2D eigenvalue weighted by atomic mass is 10.3. The van der Waals surface area contributed by atoms with Gasteiger partial charge in [0.15, 0.2) is 13.4 Å². The maximum absolute atomic E-state index is 11.2. The number of hydrogen-bond donors (Lipinski definition) is 1. The van der Waals surface area contributed by atoms with E-state index in [9.17, 15) is 4.79 Å². The Balaban J connectivity index is 2.31. The molecule has 6 heteroatoms. The van der Waals surface area contributed by atoms with Crippen LogP contribution in [0.3, 0.4) is 0 Å². The van der Waals surface area contributed by atoms with Crippen LogP contribution < -0.4 is 15.0 Å². The normalized spacial score (nSPS) is 9.76. The monoisotopic (exact) mass is 241 g/mol. The van der Waals surface area contributed by atoms with E-state index in [-0.39, 0.29) is 13.4 Å². The molecule has 1 aromatic carbocycles. The van der Waals surface area contributed by atoms with E-state index in [1.165, 1.54) is 7.11 Å². The fourth-order valence-corrected chi connectivity index (χ4v) is 1.04. The van der Waals surface area contributed by atoms with Gasteiger partial charge in [0.1, 0.15) is 11.5 Å². The average Bonchev–Trinajstić information content (AvgIpc) is 2.37. The fourth-order valence-electron chi connectivity index (χ4n) is 1.04. The van der Waals surface area contributed by atoms with E-state index < -0.39 is 5.91 Å². The molecule has 0 aliphatic heterocycles. The van der Waals surface area contributed by atoms with Gasteiger partial charge in [-0.05, 0) is 12.1 Å². The molecule has 0 aliphatic rings. The van der Waals surface area contributed by atoms with Gasteiger partial charge in [-0.3, -0.25) is 4.79 Å². The van der Waals surface area contributed by atoms with Crippen molar-refractivity contribution in [3.05, 3.63) is 24.3 Å². The van der Waals surface area contributed by atoms with Gasteiger partial charge in [0, 0.05) is 13.2 Å². The Morgan fingerprint density at radius 3 is 2.76 bits per heavy atom. The summed E-state index contributed by atoms with van der Waals surface area (Å²) >= 11 is 0. The summed E-state index contributed by atoms with van der Waals surface area (Å²) in [6, 6.07) is 6.97. The summed E-state index contributed by atoms with van der Waals surface area (Å²) in [5, 5.41) is 0. The Morgan fingerprint density at radius 2 is 2.06 bits per heavy atom. The van der Waals surface area contributed by atoms with Crippen LogP contribution in [0.5, 0.6) is 11.5 Å². The van der Waals surface area contributed by atoms with Gasteiger partial charge in [-0.25, -0.2) is 10.3 Å². The summed E-state index contributed by atoms with van der Waals surface area (Å²) in [5.41, 5.74) is 2.16. The Bertz CT molecular complexity index is 355. The van der Waals surface area contributed by atoms with Gasteiger partial charge in [-0.1, -0.05) is 6.07 Å². The quantitative estimate of drug-likeness (QED) is 0.433. The molecular weight excluding hydrogens is 226 g/mol. The van der Waals surface area contributed by atoms with Crippen LogP contribution in [0.15, 0.2) is 24.3 Å². The zero-order valence-corrected chi connectivity index (χ0v) is 9.76. The third kappa shape index (κ3) is 5.19. The van der Waals surface area contributed by atoms with E-state index in [1.54, 1.807) is 31.4 Å². The Hall–Kier alpha value is -1.79. The van der Waals surface area contributed by atoms with Gasteiger partial charge in [0.2, 0.25) is 0 Å². The standard InChI is InChI=1S/C11H15NO5/c1-14-8-17-12-11(13)7-16-10-5-3-4-9(6-10)15-2/h3-6H,7-8H2,1-2H3,(H,12,13). The molecule has 0 saturated heterocycles. The zero-order chi connectivity index (χ0) is 12.5. The molecule has 0 aromatic heterocycles. The van der Waals surface area contributed by atoms with Gasteiger partial charge < -0.3 is 14.2 Å². The maximum atomic E-state index is 11.2. The minimum atomic E-state index is -0.398. The van der Waals surface area contributed by atoms with Crippen molar-refractivity contribution in [2.24, 2.45) is 0 Å². The van der Waals surface area contributed by atoms with Crippen molar-refractivity contribution >= 4 is 5.91 Å². The van der Waals surface area contributed by atoms with Crippen molar-refractivity contribution in [1.82, 2.24) is 5.48 Å². The number of hydroxylamine groups is 1. The van der Waals surface area contributed by atoms with Crippen molar-refractivity contribution in [1.29, 1.82) is 0 Å². The van der Waals surface area contributed by atoms with Crippen LogP contribution >= 0.6 is 0 Å². The van der Waals surface area contributed by atoms with E-state index in [1.807, 2.05) is 0 Å². The topological polar surface area (TPSA) is 66.0 Å². The molecule has 0 bridgehead atoms. The van der Waals surface area contributed by atoms with Crippen LogP contribution in [-0.4, -0.2) is 33.5 Å². The lowest BCUT2D eigenvalue weighted by molar-refractivity contribution is -0.146. The number of carbonyl (C=O) groups is 1. The largest absolute Gasteiger partial charge is 0.497 e. The third-order valence-electron chi connectivity index (χ3n) is 1.77. The highest BCUT2D eigenvalue weighted by Gasteiger charge is 2.03. The van der Waals surface area contributed by atoms with Crippen LogP contribution in [0.1, 0.15) is 0 Å². The van der Waals surface area contributed by atoms with Gasteiger partial charge in [0.25, 0.3) is 5.91 Å². The molecule has 94 valence electrons. The first kappa shape index (κ1) is 13.3. The molecule has 0 fully saturated rings. The molecule has 0 aliphatic carbocycles. The smallest absolute Gasteiger partial charge is 0.281 e. The Morgan fingerprint density at radius 1 is 1.29 bits per heavy atom. The molecule has 1 N–H and O–H groups in total. The SMILES string of the molecule is COCONC(=O)COc1cccc(OC)c1. The number of benzene rings is 1. The first-order valence-electron chi connectivity index (χ1n) is 4.92. The molecule has 0 saturated carbocycles. The van der Waals surface area contributed by atoms with Crippen molar-refractivity contribution in [2.75, 3.05) is 27.6 Å². The molecule has 0 atom stereocenters. The lowest BCUT2D eigenvalue weighted by Gasteiger charge is -2.08. The highest BCUT2D eigenvalue weighted by molar-refractivity contribution is 5.76. The summed E-state index contributed by atoms with van der Waals surface area (Å²) in [4.78, 5) is 15.8. The molecule has 0 unspecified atom stereocenters. The summed E-state index contributed by atoms with van der Waals surface area (Å²) in [5.74, 6) is 0.814. The first-order chi connectivity index (χ1) is 8.26. The third-order valence-corrected chi connectivity index (χ3v) is 1.77. The maximum Gasteiger partial charge on any atom is 0.281 e. The molecule has 1 amide bonds. The van der Waals surface area contributed by atoms with Crippen LogP contribution in [0.2, 0.25) is 0 Å². The number of ether oxygens (including phenoxy) is 3. The minimum Gasteiger partial charge on any atom is -0.497 e. The molecule has 1 rings (SSSR count).